The van der Waals surface area contributed by atoms with Crippen LogP contribution in [-0.2, 0) is 13.1 Å². The van der Waals surface area contributed by atoms with Crippen LogP contribution in [0.15, 0.2) is 78.3 Å². The molecule has 6 heteroatoms. The van der Waals surface area contributed by atoms with Crippen LogP contribution in [0.5, 0.6) is 0 Å². The number of anilines is 1. The molecule has 2 aromatic carbocycles. The highest BCUT2D eigenvalue weighted by Gasteiger charge is 2.15. The molecule has 29 heavy (non-hydrogen) atoms. The van der Waals surface area contributed by atoms with Crippen molar-refractivity contribution in [1.29, 1.82) is 0 Å². The van der Waals surface area contributed by atoms with Crippen LogP contribution < -0.4 is 5.32 Å². The highest BCUT2D eigenvalue weighted by molar-refractivity contribution is 7.13. The SMILES string of the molecule is CCn1c(NCc2cn(-c3ccccc3)nc2-c2cccs2)nc2ccccc21. The Kier molecular flexibility index (Phi) is 4.62. The molecule has 0 radical (unpaired) electrons. The summed E-state index contributed by atoms with van der Waals surface area (Å²) in [5.74, 6) is 0.887. The molecule has 0 aliphatic heterocycles. The molecule has 0 aliphatic carbocycles. The molecule has 0 atom stereocenters. The minimum absolute atomic E-state index is 0.656. The summed E-state index contributed by atoms with van der Waals surface area (Å²) in [6.45, 7) is 3.66. The zero-order valence-electron chi connectivity index (χ0n) is 16.1. The van der Waals surface area contributed by atoms with Gasteiger partial charge >= 0.3 is 0 Å². The number of nitrogens with zero attached hydrogens (tertiary/aromatic N) is 4. The molecule has 0 unspecified atom stereocenters. The second-order valence-corrected chi connectivity index (χ2v) is 7.73. The van der Waals surface area contributed by atoms with E-state index in [0.29, 0.717) is 6.54 Å². The average Bonchev–Trinajstić information content (AvgIpc) is 3.50. The lowest BCUT2D eigenvalue weighted by atomic mass is 10.2. The van der Waals surface area contributed by atoms with Crippen LogP contribution >= 0.6 is 11.3 Å². The molecule has 3 heterocycles. The van der Waals surface area contributed by atoms with E-state index >= 15 is 0 Å². The number of nitrogens with one attached hydrogen (secondary N) is 1. The van der Waals surface area contributed by atoms with Crippen molar-refractivity contribution >= 4 is 28.3 Å². The highest BCUT2D eigenvalue weighted by atomic mass is 32.1. The standard InChI is InChI=1S/C23H21N5S/c1-2-27-20-12-7-6-11-19(20)25-23(27)24-15-17-16-28(18-9-4-3-5-10-18)26-22(17)21-13-8-14-29-21/h3-14,16H,2,15H2,1H3,(H,24,25). The van der Waals surface area contributed by atoms with Crippen molar-refractivity contribution in [1.82, 2.24) is 19.3 Å². The van der Waals surface area contributed by atoms with Crippen molar-refractivity contribution in [2.75, 3.05) is 5.32 Å². The summed E-state index contributed by atoms with van der Waals surface area (Å²) >= 11 is 1.71. The van der Waals surface area contributed by atoms with E-state index in [0.717, 1.165) is 40.5 Å². The summed E-state index contributed by atoms with van der Waals surface area (Å²) in [4.78, 5) is 5.95. The van der Waals surface area contributed by atoms with Crippen molar-refractivity contribution in [3.8, 4) is 16.3 Å². The first-order valence-electron chi connectivity index (χ1n) is 9.70. The Morgan fingerprint density at radius 3 is 2.59 bits per heavy atom. The van der Waals surface area contributed by atoms with Crippen LogP contribution in [0.25, 0.3) is 27.3 Å². The van der Waals surface area contributed by atoms with Crippen LogP contribution in [-0.4, -0.2) is 19.3 Å². The van der Waals surface area contributed by atoms with Gasteiger partial charge in [-0.15, -0.1) is 11.3 Å². The maximum absolute atomic E-state index is 4.88. The largest absolute Gasteiger partial charge is 0.351 e. The van der Waals surface area contributed by atoms with E-state index in [1.165, 1.54) is 4.88 Å². The number of hydrogen-bond acceptors (Lipinski definition) is 4. The second kappa shape index (κ2) is 7.56. The molecular formula is C23H21N5S. The van der Waals surface area contributed by atoms with Gasteiger partial charge in [0.05, 0.1) is 21.6 Å². The number of aromatic nitrogens is 4. The Hall–Kier alpha value is -3.38. The van der Waals surface area contributed by atoms with Crippen molar-refractivity contribution in [3.05, 3.63) is 83.9 Å². The van der Waals surface area contributed by atoms with E-state index < -0.39 is 0 Å². The normalized spacial score (nSPS) is 11.2. The first kappa shape index (κ1) is 17.7. The third-order valence-electron chi connectivity index (χ3n) is 4.97. The predicted octanol–water partition coefficient (Wildman–Crippen LogP) is 5.58. The number of thiophene rings is 1. The second-order valence-electron chi connectivity index (χ2n) is 6.78. The van der Waals surface area contributed by atoms with Crippen LogP contribution in [0.4, 0.5) is 5.95 Å². The number of hydrogen-bond donors (Lipinski definition) is 1. The number of imidazole rings is 1. The minimum Gasteiger partial charge on any atom is -0.351 e. The zero-order valence-corrected chi connectivity index (χ0v) is 16.9. The lowest BCUT2D eigenvalue weighted by Gasteiger charge is -2.08. The van der Waals surface area contributed by atoms with E-state index in [1.54, 1.807) is 11.3 Å². The molecule has 5 aromatic rings. The van der Waals surface area contributed by atoms with Gasteiger partial charge in [0.15, 0.2) is 0 Å². The molecule has 1 N–H and O–H groups in total. The van der Waals surface area contributed by atoms with Gasteiger partial charge in [-0.25, -0.2) is 9.67 Å². The Balaban J connectivity index is 1.50. The molecule has 0 aliphatic rings. The minimum atomic E-state index is 0.656. The third kappa shape index (κ3) is 3.32. The fourth-order valence-electron chi connectivity index (χ4n) is 3.58. The van der Waals surface area contributed by atoms with Gasteiger partial charge in [-0.05, 0) is 42.6 Å². The fraction of sp³-hybridized carbons (Fsp3) is 0.130. The summed E-state index contributed by atoms with van der Waals surface area (Å²) in [5.41, 5.74) is 5.37. The van der Waals surface area contributed by atoms with Crippen molar-refractivity contribution in [3.63, 3.8) is 0 Å². The highest BCUT2D eigenvalue weighted by Crippen LogP contribution is 2.29. The van der Waals surface area contributed by atoms with Gasteiger partial charge in [0.25, 0.3) is 0 Å². The molecule has 5 nitrogen and oxygen atoms in total. The van der Waals surface area contributed by atoms with Crippen LogP contribution in [0.2, 0.25) is 0 Å². The number of rotatable bonds is 6. The van der Waals surface area contributed by atoms with Crippen molar-refractivity contribution in [2.45, 2.75) is 20.0 Å². The number of fused-ring (bicyclic) bond motifs is 1. The molecule has 0 spiro atoms. The van der Waals surface area contributed by atoms with Gasteiger partial charge in [0, 0.05) is 24.8 Å². The first-order valence-corrected chi connectivity index (χ1v) is 10.6. The Morgan fingerprint density at radius 1 is 0.966 bits per heavy atom. The van der Waals surface area contributed by atoms with E-state index in [2.05, 4.69) is 70.8 Å². The van der Waals surface area contributed by atoms with E-state index in [4.69, 9.17) is 10.1 Å². The van der Waals surface area contributed by atoms with Gasteiger partial charge in [0.2, 0.25) is 5.95 Å². The number of benzene rings is 2. The molecule has 144 valence electrons. The summed E-state index contributed by atoms with van der Waals surface area (Å²) in [6, 6.07) is 22.6. The van der Waals surface area contributed by atoms with Crippen LogP contribution in [0.3, 0.4) is 0 Å². The average molecular weight is 400 g/mol. The summed E-state index contributed by atoms with van der Waals surface area (Å²) in [6.07, 6.45) is 2.11. The van der Waals surface area contributed by atoms with Gasteiger partial charge < -0.3 is 9.88 Å². The zero-order chi connectivity index (χ0) is 19.6. The molecule has 3 aromatic heterocycles. The molecule has 0 saturated heterocycles. The Morgan fingerprint density at radius 2 is 1.79 bits per heavy atom. The molecule has 5 rings (SSSR count). The smallest absolute Gasteiger partial charge is 0.204 e. The summed E-state index contributed by atoms with van der Waals surface area (Å²) in [5, 5.41) is 10.5. The first-order chi connectivity index (χ1) is 14.3. The Bertz CT molecular complexity index is 1240. The number of para-hydroxylation sites is 3. The molecule has 0 saturated carbocycles. The quantitative estimate of drug-likeness (QED) is 0.405. The van der Waals surface area contributed by atoms with Gasteiger partial charge in [-0.2, -0.15) is 5.10 Å². The monoisotopic (exact) mass is 399 g/mol. The maximum atomic E-state index is 4.88. The van der Waals surface area contributed by atoms with Crippen LogP contribution in [0.1, 0.15) is 12.5 Å². The van der Waals surface area contributed by atoms with E-state index in [9.17, 15) is 0 Å². The van der Waals surface area contributed by atoms with Gasteiger partial charge in [0.1, 0.15) is 5.69 Å². The lowest BCUT2D eigenvalue weighted by molar-refractivity contribution is 0.787. The van der Waals surface area contributed by atoms with Crippen molar-refractivity contribution in [2.24, 2.45) is 0 Å². The predicted molar refractivity (Wildman–Crippen MR) is 120 cm³/mol. The summed E-state index contributed by atoms with van der Waals surface area (Å²) in [7, 11) is 0. The van der Waals surface area contributed by atoms with Gasteiger partial charge in [-0.1, -0.05) is 36.4 Å². The molecule has 0 bridgehead atoms. The Labute approximate surface area is 173 Å². The van der Waals surface area contributed by atoms with Gasteiger partial charge in [-0.3, -0.25) is 0 Å². The maximum Gasteiger partial charge on any atom is 0.204 e. The van der Waals surface area contributed by atoms with E-state index in [1.807, 2.05) is 28.9 Å². The molecule has 0 fully saturated rings. The summed E-state index contributed by atoms with van der Waals surface area (Å²) < 4.78 is 4.16. The molecular weight excluding hydrogens is 378 g/mol. The van der Waals surface area contributed by atoms with E-state index in [-0.39, 0.29) is 0 Å². The van der Waals surface area contributed by atoms with Crippen LogP contribution in [0, 0.1) is 0 Å². The fourth-order valence-corrected chi connectivity index (χ4v) is 4.32. The molecule has 0 amide bonds. The lowest BCUT2D eigenvalue weighted by Crippen LogP contribution is -2.07. The topological polar surface area (TPSA) is 47.7 Å². The van der Waals surface area contributed by atoms with Crippen molar-refractivity contribution < 1.29 is 0 Å². The third-order valence-corrected chi connectivity index (χ3v) is 5.85. The number of aryl methyl sites for hydroxylation is 1.